The van der Waals surface area contributed by atoms with Gasteiger partial charge >= 0.3 is 0 Å². The highest BCUT2D eigenvalue weighted by Crippen LogP contribution is 2.46. The van der Waals surface area contributed by atoms with Gasteiger partial charge in [-0.3, -0.25) is 0 Å². The minimum atomic E-state index is -0.288. The Labute approximate surface area is 109 Å². The van der Waals surface area contributed by atoms with E-state index in [1.54, 1.807) is 12.1 Å². The van der Waals surface area contributed by atoms with E-state index in [-0.39, 0.29) is 11.2 Å². The fraction of sp³-hybridized carbons (Fsp3) is 0.562. The first-order valence-electron chi connectivity index (χ1n) is 6.61. The first-order valence-corrected chi connectivity index (χ1v) is 6.61. The van der Waals surface area contributed by atoms with Crippen LogP contribution in [0.15, 0.2) is 24.3 Å². The molecule has 2 heteroatoms. The summed E-state index contributed by atoms with van der Waals surface area (Å²) in [6.45, 7) is 4.52. The number of nitriles is 1. The Kier molecular flexibility index (Phi) is 3.43. The Morgan fingerprint density at radius 1 is 1.22 bits per heavy atom. The lowest BCUT2D eigenvalue weighted by atomic mass is 9.64. The number of nitrogens with zero attached hydrogens (tertiary/aromatic N) is 1. The van der Waals surface area contributed by atoms with E-state index in [4.69, 9.17) is 0 Å². The van der Waals surface area contributed by atoms with Crippen LogP contribution >= 0.6 is 0 Å². The maximum Gasteiger partial charge on any atom is 0.123 e. The minimum absolute atomic E-state index is 0.211. The van der Waals surface area contributed by atoms with Crippen LogP contribution in [0, 0.1) is 28.0 Å². The van der Waals surface area contributed by atoms with Crippen molar-refractivity contribution in [3.05, 3.63) is 35.6 Å². The molecule has 96 valence electrons. The molecule has 0 aliphatic heterocycles. The fourth-order valence-corrected chi connectivity index (χ4v) is 2.77. The Morgan fingerprint density at radius 2 is 1.89 bits per heavy atom. The van der Waals surface area contributed by atoms with E-state index in [2.05, 4.69) is 19.9 Å². The number of hydrogen-bond acceptors (Lipinski definition) is 1. The largest absolute Gasteiger partial charge is 0.207 e. The second-order valence-corrected chi connectivity index (χ2v) is 6.36. The molecule has 0 heterocycles. The summed E-state index contributed by atoms with van der Waals surface area (Å²) in [6, 6.07) is 9.15. The van der Waals surface area contributed by atoms with Gasteiger partial charge in [-0.2, -0.15) is 5.26 Å². The van der Waals surface area contributed by atoms with Gasteiger partial charge in [-0.25, -0.2) is 4.39 Å². The maximum absolute atomic E-state index is 13.2. The number of hydrogen-bond donors (Lipinski definition) is 0. The van der Waals surface area contributed by atoms with E-state index >= 15 is 0 Å². The van der Waals surface area contributed by atoms with Crippen molar-refractivity contribution in [1.82, 2.24) is 0 Å². The Balaban J connectivity index is 2.13. The van der Waals surface area contributed by atoms with Crippen LogP contribution in [0.1, 0.15) is 45.1 Å². The van der Waals surface area contributed by atoms with Crippen molar-refractivity contribution in [2.24, 2.45) is 10.8 Å². The van der Waals surface area contributed by atoms with Gasteiger partial charge in [0.2, 0.25) is 0 Å². The van der Waals surface area contributed by atoms with Crippen molar-refractivity contribution in [3.8, 4) is 6.07 Å². The lowest BCUT2D eigenvalue weighted by molar-refractivity contribution is 0.146. The van der Waals surface area contributed by atoms with Crippen molar-refractivity contribution in [2.45, 2.75) is 46.0 Å². The molecule has 1 fully saturated rings. The standard InChI is InChI=1S/C16H20FN/c1-15(2)6-8-16(12-18,9-7-15)11-13-4-3-5-14(17)10-13/h3-5,10H,6-9,11H2,1-2H3. The van der Waals surface area contributed by atoms with Gasteiger partial charge in [-0.1, -0.05) is 26.0 Å². The highest BCUT2D eigenvalue weighted by atomic mass is 19.1. The molecule has 0 unspecified atom stereocenters. The second kappa shape index (κ2) is 4.72. The summed E-state index contributed by atoms with van der Waals surface area (Å²) < 4.78 is 13.2. The summed E-state index contributed by atoms with van der Waals surface area (Å²) in [4.78, 5) is 0. The lowest BCUT2D eigenvalue weighted by Gasteiger charge is -2.39. The molecule has 0 bridgehead atoms. The fourth-order valence-electron chi connectivity index (χ4n) is 2.77. The first-order chi connectivity index (χ1) is 8.45. The molecule has 1 aliphatic rings. The quantitative estimate of drug-likeness (QED) is 0.753. The summed E-state index contributed by atoms with van der Waals surface area (Å²) in [5.74, 6) is -0.211. The number of benzene rings is 1. The van der Waals surface area contributed by atoms with Crippen LogP contribution < -0.4 is 0 Å². The van der Waals surface area contributed by atoms with Crippen molar-refractivity contribution < 1.29 is 4.39 Å². The third-order valence-corrected chi connectivity index (χ3v) is 4.23. The summed E-state index contributed by atoms with van der Waals surface area (Å²) in [6.07, 6.45) is 4.68. The third-order valence-electron chi connectivity index (χ3n) is 4.23. The van der Waals surface area contributed by atoms with Gasteiger partial charge in [0.1, 0.15) is 5.82 Å². The molecule has 0 radical (unpaired) electrons. The van der Waals surface area contributed by atoms with Crippen LogP contribution in [0.25, 0.3) is 0 Å². The Bertz CT molecular complexity index is 460. The molecule has 0 amide bonds. The monoisotopic (exact) mass is 245 g/mol. The molecule has 18 heavy (non-hydrogen) atoms. The van der Waals surface area contributed by atoms with Crippen LogP contribution in [0.3, 0.4) is 0 Å². The molecule has 0 spiro atoms. The minimum Gasteiger partial charge on any atom is -0.207 e. The van der Waals surface area contributed by atoms with E-state index in [9.17, 15) is 9.65 Å². The zero-order chi connectivity index (χ0) is 13.2. The highest BCUT2D eigenvalue weighted by molar-refractivity contribution is 5.21. The smallest absolute Gasteiger partial charge is 0.123 e. The van der Waals surface area contributed by atoms with Gasteiger partial charge in [-0.05, 0) is 55.2 Å². The normalized spacial score (nSPS) is 21.2. The summed E-state index contributed by atoms with van der Waals surface area (Å²) >= 11 is 0. The van der Waals surface area contributed by atoms with Crippen molar-refractivity contribution in [3.63, 3.8) is 0 Å². The topological polar surface area (TPSA) is 23.8 Å². The van der Waals surface area contributed by atoms with Gasteiger partial charge in [0.25, 0.3) is 0 Å². The zero-order valence-electron chi connectivity index (χ0n) is 11.2. The number of halogens is 1. The predicted molar refractivity (Wildman–Crippen MR) is 70.4 cm³/mol. The van der Waals surface area contributed by atoms with Gasteiger partial charge in [0.15, 0.2) is 0 Å². The molecule has 1 aromatic carbocycles. The molecular formula is C16H20FN. The average molecular weight is 245 g/mol. The predicted octanol–water partition coefficient (Wildman–Crippen LogP) is 4.48. The molecular weight excluding hydrogens is 225 g/mol. The van der Waals surface area contributed by atoms with Gasteiger partial charge < -0.3 is 0 Å². The molecule has 1 aromatic rings. The van der Waals surface area contributed by atoms with Gasteiger partial charge in [0, 0.05) is 0 Å². The Morgan fingerprint density at radius 3 is 2.44 bits per heavy atom. The van der Waals surface area contributed by atoms with Crippen molar-refractivity contribution >= 4 is 0 Å². The summed E-state index contributed by atoms with van der Waals surface area (Å²) in [5, 5.41) is 9.50. The average Bonchev–Trinajstić information content (AvgIpc) is 2.33. The van der Waals surface area contributed by atoms with Crippen LogP contribution in [0.2, 0.25) is 0 Å². The SMILES string of the molecule is CC1(C)CCC(C#N)(Cc2cccc(F)c2)CC1. The summed E-state index contributed by atoms with van der Waals surface area (Å²) in [5.41, 5.74) is 1.00. The number of rotatable bonds is 2. The molecule has 2 rings (SSSR count). The van der Waals surface area contributed by atoms with Crippen LogP contribution in [0.5, 0.6) is 0 Å². The molecule has 0 aromatic heterocycles. The maximum atomic E-state index is 13.2. The van der Waals surface area contributed by atoms with Gasteiger partial charge in [-0.15, -0.1) is 0 Å². The van der Waals surface area contributed by atoms with Crippen LogP contribution in [-0.4, -0.2) is 0 Å². The van der Waals surface area contributed by atoms with Crippen molar-refractivity contribution in [2.75, 3.05) is 0 Å². The van der Waals surface area contributed by atoms with E-state index in [1.165, 1.54) is 6.07 Å². The van der Waals surface area contributed by atoms with Crippen LogP contribution in [0.4, 0.5) is 4.39 Å². The van der Waals surface area contributed by atoms with Gasteiger partial charge in [0.05, 0.1) is 11.5 Å². The molecule has 0 N–H and O–H groups in total. The summed E-state index contributed by atoms with van der Waals surface area (Å²) in [7, 11) is 0. The Hall–Kier alpha value is -1.36. The van der Waals surface area contributed by atoms with E-state index < -0.39 is 0 Å². The lowest BCUT2D eigenvalue weighted by Crippen LogP contribution is -2.31. The molecule has 0 atom stereocenters. The van der Waals surface area contributed by atoms with E-state index in [0.717, 1.165) is 31.2 Å². The molecule has 1 nitrogen and oxygen atoms in total. The molecule has 1 aliphatic carbocycles. The molecule has 1 saturated carbocycles. The highest BCUT2D eigenvalue weighted by Gasteiger charge is 2.38. The second-order valence-electron chi connectivity index (χ2n) is 6.36. The van der Waals surface area contributed by atoms with E-state index in [1.807, 2.05) is 6.07 Å². The van der Waals surface area contributed by atoms with E-state index in [0.29, 0.717) is 11.8 Å². The third kappa shape index (κ3) is 2.90. The van der Waals surface area contributed by atoms with Crippen molar-refractivity contribution in [1.29, 1.82) is 5.26 Å². The molecule has 0 saturated heterocycles. The first kappa shape index (κ1) is 13.1. The van der Waals surface area contributed by atoms with Crippen LogP contribution in [-0.2, 0) is 6.42 Å². The zero-order valence-corrected chi connectivity index (χ0v) is 11.2.